The molecular weight excluding hydrogens is 538 g/mol. The molecule has 0 bridgehead atoms. The second-order valence-corrected chi connectivity index (χ2v) is 12.3. The average Bonchev–Trinajstić information content (AvgIpc) is 2.89. The molecule has 0 fully saturated rings. The van der Waals surface area contributed by atoms with Gasteiger partial charge in [-0.05, 0) is 63.6 Å². The molecule has 0 saturated carbocycles. The third kappa shape index (κ3) is 7.74. The van der Waals surface area contributed by atoms with Gasteiger partial charge in [0.1, 0.15) is 18.3 Å². The molecule has 1 unspecified atom stereocenters. The molecule has 3 rings (SSSR count). The predicted molar refractivity (Wildman–Crippen MR) is 153 cm³/mol. The highest BCUT2D eigenvalue weighted by Crippen LogP contribution is 2.32. The Kier molecular flexibility index (Phi) is 9.63. The molecule has 0 spiro atoms. The van der Waals surface area contributed by atoms with E-state index in [-0.39, 0.29) is 28.1 Å². The normalized spacial score (nSPS) is 12.4. The minimum absolute atomic E-state index is 0.0119. The third-order valence-electron chi connectivity index (χ3n) is 5.89. The summed E-state index contributed by atoms with van der Waals surface area (Å²) in [6, 6.07) is 20.7. The van der Waals surface area contributed by atoms with Gasteiger partial charge >= 0.3 is 0 Å². The first-order valence-electron chi connectivity index (χ1n) is 12.4. The second-order valence-electron chi connectivity index (χ2n) is 10.1. The number of methoxy groups -OCH3 is 1. The van der Waals surface area contributed by atoms with Gasteiger partial charge in [0, 0.05) is 12.1 Å². The van der Waals surface area contributed by atoms with Crippen molar-refractivity contribution in [3.8, 4) is 5.75 Å². The summed E-state index contributed by atoms with van der Waals surface area (Å²) >= 11 is 6.33. The first-order chi connectivity index (χ1) is 18.3. The molecule has 0 aliphatic rings. The van der Waals surface area contributed by atoms with Gasteiger partial charge in [0.2, 0.25) is 11.8 Å². The Balaban J connectivity index is 2.05. The maximum absolute atomic E-state index is 13.9. The van der Waals surface area contributed by atoms with E-state index < -0.39 is 34.1 Å². The monoisotopic (exact) mass is 571 g/mol. The van der Waals surface area contributed by atoms with Crippen LogP contribution in [0.4, 0.5) is 5.69 Å². The minimum Gasteiger partial charge on any atom is -0.495 e. The van der Waals surface area contributed by atoms with Gasteiger partial charge in [0.05, 0.1) is 22.7 Å². The number of hydrogen-bond acceptors (Lipinski definition) is 5. The molecule has 0 heterocycles. The number of amides is 2. The van der Waals surface area contributed by atoms with Crippen molar-refractivity contribution in [2.24, 2.45) is 0 Å². The lowest BCUT2D eigenvalue weighted by Gasteiger charge is -2.33. The number of hydrogen-bond donors (Lipinski definition) is 1. The van der Waals surface area contributed by atoms with Crippen molar-refractivity contribution >= 4 is 39.1 Å². The summed E-state index contributed by atoms with van der Waals surface area (Å²) in [5.41, 5.74) is 0.464. The van der Waals surface area contributed by atoms with Gasteiger partial charge in [-0.2, -0.15) is 0 Å². The quantitative estimate of drug-likeness (QED) is 0.374. The number of carbonyl (C=O) groups is 2. The molecule has 0 aromatic heterocycles. The number of carbonyl (C=O) groups excluding carboxylic acids is 2. The topological polar surface area (TPSA) is 96.0 Å². The maximum Gasteiger partial charge on any atom is 0.264 e. The molecule has 2 amide bonds. The zero-order valence-corrected chi connectivity index (χ0v) is 24.3. The Morgan fingerprint density at radius 2 is 1.56 bits per heavy atom. The van der Waals surface area contributed by atoms with E-state index in [0.717, 1.165) is 9.87 Å². The minimum atomic E-state index is -4.18. The van der Waals surface area contributed by atoms with Gasteiger partial charge in [0.15, 0.2) is 0 Å². The average molecular weight is 572 g/mol. The van der Waals surface area contributed by atoms with Crippen molar-refractivity contribution in [3.63, 3.8) is 0 Å². The molecule has 0 aliphatic carbocycles. The van der Waals surface area contributed by atoms with E-state index in [1.54, 1.807) is 25.1 Å². The van der Waals surface area contributed by atoms with Crippen molar-refractivity contribution in [2.75, 3.05) is 18.0 Å². The van der Waals surface area contributed by atoms with Crippen LogP contribution in [0.1, 0.15) is 33.3 Å². The van der Waals surface area contributed by atoms with Gasteiger partial charge in [-0.15, -0.1) is 0 Å². The standard InChI is InChI=1S/C29H34ClN3O5S/c1-21(28(35)31-29(2,3)4)32(19-22-12-8-6-9-13-22)27(34)20-33(23-16-17-26(38-5)25(30)18-23)39(36,37)24-14-10-7-11-15-24/h6-18,21H,19-20H2,1-5H3,(H,31,35). The molecule has 208 valence electrons. The molecule has 3 aromatic carbocycles. The summed E-state index contributed by atoms with van der Waals surface area (Å²) in [4.78, 5) is 28.4. The molecule has 3 aromatic rings. The fourth-order valence-electron chi connectivity index (χ4n) is 3.90. The number of nitrogens with zero attached hydrogens (tertiary/aromatic N) is 2. The summed E-state index contributed by atoms with van der Waals surface area (Å²) in [5, 5.41) is 3.09. The molecule has 8 nitrogen and oxygen atoms in total. The number of benzene rings is 3. The van der Waals surface area contributed by atoms with Crippen LogP contribution in [0.2, 0.25) is 5.02 Å². The number of rotatable bonds is 10. The predicted octanol–water partition coefficient (Wildman–Crippen LogP) is 4.88. The van der Waals surface area contributed by atoms with E-state index in [9.17, 15) is 18.0 Å². The van der Waals surface area contributed by atoms with Gasteiger partial charge in [-0.3, -0.25) is 13.9 Å². The summed E-state index contributed by atoms with van der Waals surface area (Å²) < 4.78 is 33.8. The van der Waals surface area contributed by atoms with Crippen molar-refractivity contribution in [2.45, 2.75) is 50.7 Å². The number of anilines is 1. The Bertz CT molecular complexity index is 1390. The van der Waals surface area contributed by atoms with Gasteiger partial charge in [-0.1, -0.05) is 60.1 Å². The highest BCUT2D eigenvalue weighted by atomic mass is 35.5. The number of halogens is 1. The fraction of sp³-hybridized carbons (Fsp3) is 0.310. The molecule has 39 heavy (non-hydrogen) atoms. The molecule has 1 atom stereocenters. The number of sulfonamides is 1. The maximum atomic E-state index is 13.9. The van der Waals surface area contributed by atoms with E-state index in [2.05, 4.69) is 5.32 Å². The Morgan fingerprint density at radius 3 is 2.10 bits per heavy atom. The van der Waals surface area contributed by atoms with E-state index in [1.165, 1.54) is 42.3 Å². The number of nitrogens with one attached hydrogen (secondary N) is 1. The zero-order chi connectivity index (χ0) is 28.8. The van der Waals surface area contributed by atoms with E-state index >= 15 is 0 Å². The van der Waals surface area contributed by atoms with Crippen molar-refractivity contribution in [1.82, 2.24) is 10.2 Å². The van der Waals surface area contributed by atoms with E-state index in [0.29, 0.717) is 5.75 Å². The largest absolute Gasteiger partial charge is 0.495 e. The zero-order valence-electron chi connectivity index (χ0n) is 22.7. The molecule has 1 N–H and O–H groups in total. The van der Waals surface area contributed by atoms with Crippen molar-refractivity contribution < 1.29 is 22.7 Å². The van der Waals surface area contributed by atoms with Gasteiger partial charge in [0.25, 0.3) is 10.0 Å². The fourth-order valence-corrected chi connectivity index (χ4v) is 5.57. The Labute approximate surface area is 235 Å². The summed E-state index contributed by atoms with van der Waals surface area (Å²) in [5.74, 6) is -0.541. The van der Waals surface area contributed by atoms with Crippen LogP contribution in [0, 0.1) is 0 Å². The van der Waals surface area contributed by atoms with Gasteiger partial charge < -0.3 is 15.0 Å². The van der Waals surface area contributed by atoms with Crippen LogP contribution in [-0.4, -0.2) is 50.4 Å². The van der Waals surface area contributed by atoms with Crippen LogP contribution in [0.5, 0.6) is 5.75 Å². The molecular formula is C29H34ClN3O5S. The Hall–Kier alpha value is -3.56. The summed E-state index contributed by atoms with van der Waals surface area (Å²) in [6.07, 6.45) is 0. The van der Waals surface area contributed by atoms with E-state index in [1.807, 2.05) is 51.1 Å². The Morgan fingerprint density at radius 1 is 0.974 bits per heavy atom. The van der Waals surface area contributed by atoms with E-state index in [4.69, 9.17) is 16.3 Å². The highest BCUT2D eigenvalue weighted by molar-refractivity contribution is 7.92. The van der Waals surface area contributed by atoms with Crippen LogP contribution in [0.15, 0.2) is 83.8 Å². The SMILES string of the molecule is COc1ccc(N(CC(=O)N(Cc2ccccc2)C(C)C(=O)NC(C)(C)C)S(=O)(=O)c2ccccc2)cc1Cl. The lowest BCUT2D eigenvalue weighted by atomic mass is 10.1. The first-order valence-corrected chi connectivity index (χ1v) is 14.2. The molecule has 0 radical (unpaired) electrons. The third-order valence-corrected chi connectivity index (χ3v) is 7.98. The lowest BCUT2D eigenvalue weighted by Crippen LogP contribution is -2.54. The molecule has 0 aliphatic heterocycles. The van der Waals surface area contributed by atoms with Gasteiger partial charge in [-0.25, -0.2) is 8.42 Å². The smallest absolute Gasteiger partial charge is 0.264 e. The van der Waals surface area contributed by atoms with Crippen molar-refractivity contribution in [1.29, 1.82) is 0 Å². The molecule has 0 saturated heterocycles. The lowest BCUT2D eigenvalue weighted by molar-refractivity contribution is -0.140. The van der Waals surface area contributed by atoms with Crippen molar-refractivity contribution in [3.05, 3.63) is 89.4 Å². The van der Waals surface area contributed by atoms with Crippen LogP contribution < -0.4 is 14.4 Å². The summed E-state index contributed by atoms with van der Waals surface area (Å²) in [7, 11) is -2.73. The van der Waals surface area contributed by atoms with Crippen LogP contribution in [0.25, 0.3) is 0 Å². The van der Waals surface area contributed by atoms with Crippen LogP contribution >= 0.6 is 11.6 Å². The molecule has 10 heteroatoms. The second kappa shape index (κ2) is 12.5. The van der Waals surface area contributed by atoms with Crippen LogP contribution in [0.3, 0.4) is 0 Å². The first kappa shape index (κ1) is 30.0. The number of ether oxygens (including phenoxy) is 1. The highest BCUT2D eigenvalue weighted by Gasteiger charge is 2.33. The van der Waals surface area contributed by atoms with Crippen LogP contribution in [-0.2, 0) is 26.2 Å². The summed E-state index contributed by atoms with van der Waals surface area (Å²) in [6.45, 7) is 6.73.